The van der Waals surface area contributed by atoms with Gasteiger partial charge in [0.15, 0.2) is 6.10 Å². The van der Waals surface area contributed by atoms with Gasteiger partial charge in [0.05, 0.1) is 31.9 Å². The quantitative estimate of drug-likeness (QED) is 0.648. The molecule has 0 saturated carbocycles. The molecule has 1 heterocycles. The van der Waals surface area contributed by atoms with Crippen LogP contribution in [0.15, 0.2) is 42.5 Å². The average molecular weight is 432 g/mol. The van der Waals surface area contributed by atoms with E-state index in [0.717, 1.165) is 11.1 Å². The minimum Gasteiger partial charge on any atom is -0.496 e. The van der Waals surface area contributed by atoms with Crippen molar-refractivity contribution in [3.8, 4) is 23.0 Å². The highest BCUT2D eigenvalue weighted by Crippen LogP contribution is 2.41. The molecule has 1 amide bonds. The lowest BCUT2D eigenvalue weighted by molar-refractivity contribution is -0.137. The fourth-order valence-corrected chi connectivity index (χ4v) is 3.64. The molecule has 1 aliphatic rings. The molecule has 30 heavy (non-hydrogen) atoms. The lowest BCUT2D eigenvalue weighted by Gasteiger charge is -2.30. The van der Waals surface area contributed by atoms with Gasteiger partial charge in [-0.3, -0.25) is 4.79 Å². The molecule has 0 bridgehead atoms. The highest BCUT2D eigenvalue weighted by atomic mass is 35.5. The summed E-state index contributed by atoms with van der Waals surface area (Å²) in [6.07, 6.45) is 2.06. The van der Waals surface area contributed by atoms with Gasteiger partial charge in [0, 0.05) is 25.2 Å². The molecule has 0 spiro atoms. The van der Waals surface area contributed by atoms with E-state index in [1.54, 1.807) is 45.3 Å². The van der Waals surface area contributed by atoms with Crippen LogP contribution >= 0.6 is 11.6 Å². The molecule has 0 fully saturated rings. The number of ether oxygens (including phenoxy) is 4. The van der Waals surface area contributed by atoms with E-state index >= 15 is 0 Å². The number of nitrogens with zero attached hydrogens (tertiary/aromatic N) is 1. The number of methoxy groups -OCH3 is 3. The maximum Gasteiger partial charge on any atom is 0.263 e. The topological polar surface area (TPSA) is 57.2 Å². The molecular formula is C23H26ClNO5. The van der Waals surface area contributed by atoms with Crippen molar-refractivity contribution in [2.45, 2.75) is 19.4 Å². The molecule has 7 heteroatoms. The van der Waals surface area contributed by atoms with Crippen molar-refractivity contribution in [3.63, 3.8) is 0 Å². The molecule has 1 atom stereocenters. The molecule has 2 aromatic rings. The summed E-state index contributed by atoms with van der Waals surface area (Å²) in [7, 11) is 4.83. The largest absolute Gasteiger partial charge is 0.496 e. The minimum atomic E-state index is -0.634. The summed E-state index contributed by atoms with van der Waals surface area (Å²) in [6.45, 7) is 2.78. The number of carbonyl (C=O) groups is 1. The van der Waals surface area contributed by atoms with Gasteiger partial charge in [-0.2, -0.15) is 0 Å². The normalized spacial score (nSPS) is 14.6. The Morgan fingerprint density at radius 2 is 1.70 bits per heavy atom. The van der Waals surface area contributed by atoms with E-state index in [1.807, 2.05) is 30.3 Å². The second kappa shape index (κ2) is 9.76. The first-order valence-electron chi connectivity index (χ1n) is 9.67. The Hall–Kier alpha value is -2.86. The highest BCUT2D eigenvalue weighted by Gasteiger charge is 2.26. The van der Waals surface area contributed by atoms with Crippen LogP contribution in [0.2, 0.25) is 5.02 Å². The number of benzene rings is 2. The number of rotatable bonds is 7. The minimum absolute atomic E-state index is 0.0844. The van der Waals surface area contributed by atoms with Crippen molar-refractivity contribution in [2.24, 2.45) is 0 Å². The van der Waals surface area contributed by atoms with Gasteiger partial charge in [0.2, 0.25) is 0 Å². The van der Waals surface area contributed by atoms with Crippen molar-refractivity contribution >= 4 is 23.1 Å². The highest BCUT2D eigenvalue weighted by molar-refractivity contribution is 6.32. The summed E-state index contributed by atoms with van der Waals surface area (Å²) in [5.41, 5.74) is 1.95. The summed E-state index contributed by atoms with van der Waals surface area (Å²) >= 11 is 6.13. The second-order valence-corrected chi connectivity index (χ2v) is 7.27. The third-order valence-corrected chi connectivity index (χ3v) is 5.36. The van der Waals surface area contributed by atoms with Crippen LogP contribution in [0.1, 0.15) is 18.9 Å². The van der Waals surface area contributed by atoms with Crippen molar-refractivity contribution in [2.75, 3.05) is 34.4 Å². The molecular weight excluding hydrogens is 406 g/mol. The van der Waals surface area contributed by atoms with Gasteiger partial charge >= 0.3 is 0 Å². The van der Waals surface area contributed by atoms with Crippen LogP contribution in [0.4, 0.5) is 0 Å². The van der Waals surface area contributed by atoms with E-state index in [4.69, 9.17) is 30.5 Å². The molecule has 0 radical (unpaired) electrons. The van der Waals surface area contributed by atoms with Crippen LogP contribution in [-0.2, 0) is 4.79 Å². The molecule has 0 saturated heterocycles. The molecule has 6 nitrogen and oxygen atoms in total. The summed E-state index contributed by atoms with van der Waals surface area (Å²) in [5.74, 6) is 2.42. The number of carbonyl (C=O) groups excluding carboxylic acids is 1. The van der Waals surface area contributed by atoms with E-state index in [-0.39, 0.29) is 5.91 Å². The molecule has 3 rings (SSSR count). The van der Waals surface area contributed by atoms with Crippen LogP contribution in [-0.4, -0.2) is 51.3 Å². The Morgan fingerprint density at radius 3 is 2.23 bits per heavy atom. The lowest BCUT2D eigenvalue weighted by atomic mass is 9.97. The van der Waals surface area contributed by atoms with Crippen molar-refractivity contribution in [1.82, 2.24) is 4.90 Å². The molecule has 0 aliphatic carbocycles. The third-order valence-electron chi connectivity index (χ3n) is 5.05. The summed E-state index contributed by atoms with van der Waals surface area (Å²) in [6, 6.07) is 10.8. The zero-order valence-corrected chi connectivity index (χ0v) is 18.4. The summed E-state index contributed by atoms with van der Waals surface area (Å²) < 4.78 is 22.2. The van der Waals surface area contributed by atoms with Gasteiger partial charge in [-0.25, -0.2) is 0 Å². The van der Waals surface area contributed by atoms with Gasteiger partial charge in [-0.05, 0) is 31.1 Å². The molecule has 0 N–H and O–H groups in total. The molecule has 0 aromatic heterocycles. The predicted molar refractivity (Wildman–Crippen MR) is 117 cm³/mol. The van der Waals surface area contributed by atoms with E-state index in [2.05, 4.69) is 0 Å². The van der Waals surface area contributed by atoms with Gasteiger partial charge in [-0.15, -0.1) is 0 Å². The number of hydrogen-bond donors (Lipinski definition) is 0. The summed E-state index contributed by atoms with van der Waals surface area (Å²) in [5, 5.41) is 0.483. The number of halogens is 1. The number of hydrogen-bond acceptors (Lipinski definition) is 5. The number of amides is 1. The number of para-hydroxylation sites is 1. The van der Waals surface area contributed by atoms with Crippen LogP contribution in [0, 0.1) is 0 Å². The van der Waals surface area contributed by atoms with Crippen LogP contribution in [0.5, 0.6) is 23.0 Å². The smallest absolute Gasteiger partial charge is 0.263 e. The monoisotopic (exact) mass is 431 g/mol. The first-order chi connectivity index (χ1) is 14.5. The van der Waals surface area contributed by atoms with Crippen molar-refractivity contribution in [3.05, 3.63) is 53.1 Å². The first kappa shape index (κ1) is 21.8. The maximum absolute atomic E-state index is 12.8. The Bertz CT molecular complexity index is 918. The lowest BCUT2D eigenvalue weighted by Crippen LogP contribution is -2.42. The Labute approximate surface area is 181 Å². The van der Waals surface area contributed by atoms with Crippen LogP contribution in [0.3, 0.4) is 0 Å². The van der Waals surface area contributed by atoms with Crippen LogP contribution < -0.4 is 18.9 Å². The SMILES string of the molecule is COc1cc(OC)c(C2=CCN(C(=O)C(C)Oc3ccccc3Cl)CC2)c(OC)c1. The van der Waals surface area contributed by atoms with Crippen molar-refractivity contribution < 1.29 is 23.7 Å². The summed E-state index contributed by atoms with van der Waals surface area (Å²) in [4.78, 5) is 14.6. The molecule has 160 valence electrons. The predicted octanol–water partition coefficient (Wildman–Crippen LogP) is 4.45. The van der Waals surface area contributed by atoms with E-state index in [9.17, 15) is 4.79 Å². The van der Waals surface area contributed by atoms with Gasteiger partial charge in [0.25, 0.3) is 5.91 Å². The average Bonchev–Trinajstić information content (AvgIpc) is 2.79. The second-order valence-electron chi connectivity index (χ2n) is 6.86. The Balaban J connectivity index is 1.75. The molecule has 1 unspecified atom stereocenters. The third kappa shape index (κ3) is 4.65. The van der Waals surface area contributed by atoms with Crippen molar-refractivity contribution in [1.29, 1.82) is 0 Å². The fourth-order valence-electron chi connectivity index (χ4n) is 3.46. The fraction of sp³-hybridized carbons (Fsp3) is 0.348. The van der Waals surface area contributed by atoms with E-state index in [0.29, 0.717) is 47.5 Å². The van der Waals surface area contributed by atoms with Gasteiger partial charge in [-0.1, -0.05) is 29.8 Å². The van der Waals surface area contributed by atoms with Gasteiger partial charge < -0.3 is 23.8 Å². The Kier molecular flexibility index (Phi) is 7.11. The zero-order valence-electron chi connectivity index (χ0n) is 17.6. The first-order valence-corrected chi connectivity index (χ1v) is 10.1. The standard InChI is InChI=1S/C23H26ClNO5/c1-15(30-19-8-6-5-7-18(19)24)23(26)25-11-9-16(10-12-25)22-20(28-3)13-17(27-2)14-21(22)29-4/h5-9,13-15H,10-12H2,1-4H3. The molecule has 2 aromatic carbocycles. The van der Waals surface area contributed by atoms with Crippen LogP contribution in [0.25, 0.3) is 5.57 Å². The zero-order chi connectivity index (χ0) is 21.7. The molecule has 1 aliphatic heterocycles. The maximum atomic E-state index is 12.8. The Morgan fingerprint density at radius 1 is 1.03 bits per heavy atom. The van der Waals surface area contributed by atoms with E-state index < -0.39 is 6.10 Å². The van der Waals surface area contributed by atoms with Gasteiger partial charge in [0.1, 0.15) is 23.0 Å². The van der Waals surface area contributed by atoms with E-state index in [1.165, 1.54) is 0 Å².